The zero-order valence-electron chi connectivity index (χ0n) is 17.2. The lowest BCUT2D eigenvalue weighted by Crippen LogP contribution is -2.42. The van der Waals surface area contributed by atoms with Gasteiger partial charge >= 0.3 is 6.18 Å². The highest BCUT2D eigenvalue weighted by molar-refractivity contribution is 6.30. The fourth-order valence-corrected chi connectivity index (χ4v) is 3.06. The van der Waals surface area contributed by atoms with Crippen LogP contribution in [0.2, 0.25) is 5.02 Å². The number of nitrogens with zero attached hydrogens (tertiary/aromatic N) is 1. The van der Waals surface area contributed by atoms with Crippen molar-refractivity contribution in [3.63, 3.8) is 0 Å². The molecule has 2 unspecified atom stereocenters. The molecule has 0 aliphatic rings. The van der Waals surface area contributed by atoms with Crippen LogP contribution in [-0.4, -0.2) is 33.7 Å². The van der Waals surface area contributed by atoms with Crippen LogP contribution in [0.3, 0.4) is 0 Å². The summed E-state index contributed by atoms with van der Waals surface area (Å²) < 4.78 is 53.3. The van der Waals surface area contributed by atoms with Crippen molar-refractivity contribution in [2.45, 2.75) is 57.5 Å². The highest BCUT2D eigenvalue weighted by Crippen LogP contribution is 2.29. The second kappa shape index (κ2) is 9.50. The summed E-state index contributed by atoms with van der Waals surface area (Å²) in [5.41, 5.74) is 3.91. The number of pyridine rings is 1. The van der Waals surface area contributed by atoms with Crippen molar-refractivity contribution in [3.05, 3.63) is 63.7 Å². The number of nitrogens with one attached hydrogen (secondary N) is 1. The summed E-state index contributed by atoms with van der Waals surface area (Å²) in [6.45, 7) is 5.14. The second-order valence-electron chi connectivity index (χ2n) is 8.27. The number of carbonyl (C=O) groups is 1. The number of hydrogen-bond donors (Lipinski definition) is 3. The number of aliphatic hydroxyl groups excluding tert-OH is 1. The lowest BCUT2D eigenvalue weighted by atomic mass is 9.96. The fourth-order valence-electron chi connectivity index (χ4n) is 2.87. The first-order chi connectivity index (χ1) is 14.2. The molecule has 5 nitrogen and oxygen atoms in total. The van der Waals surface area contributed by atoms with Crippen molar-refractivity contribution in [1.29, 1.82) is 0 Å². The molecule has 2 aromatic rings. The minimum Gasteiger partial charge on any atom is -0.391 e. The van der Waals surface area contributed by atoms with E-state index in [0.717, 1.165) is 12.1 Å². The summed E-state index contributed by atoms with van der Waals surface area (Å²) in [5.74, 6) is -1.21. The van der Waals surface area contributed by atoms with E-state index in [-0.39, 0.29) is 28.3 Å². The Morgan fingerprint density at radius 2 is 1.84 bits per heavy atom. The average molecular weight is 462 g/mol. The van der Waals surface area contributed by atoms with E-state index in [1.165, 1.54) is 12.1 Å². The number of aromatic nitrogens is 1. The van der Waals surface area contributed by atoms with Gasteiger partial charge in [0.2, 0.25) is 0 Å². The Bertz CT molecular complexity index is 945. The number of benzene rings is 1. The number of rotatable bonds is 6. The molecule has 10 heteroatoms. The number of halogens is 5. The minimum atomic E-state index is -4.73. The maximum Gasteiger partial charge on any atom is 0.433 e. The van der Waals surface area contributed by atoms with Gasteiger partial charge in [0.05, 0.1) is 17.4 Å². The van der Waals surface area contributed by atoms with E-state index >= 15 is 0 Å². The van der Waals surface area contributed by atoms with Gasteiger partial charge in [0.15, 0.2) is 0 Å². The molecule has 170 valence electrons. The molecular weight excluding hydrogens is 438 g/mol. The molecule has 4 N–H and O–H groups in total. The first kappa shape index (κ1) is 25.0. The van der Waals surface area contributed by atoms with E-state index in [2.05, 4.69) is 10.3 Å². The fraction of sp³-hybridized carbons (Fsp3) is 0.429. The largest absolute Gasteiger partial charge is 0.433 e. The molecule has 1 aromatic heterocycles. The Labute approximate surface area is 182 Å². The molecule has 0 spiro atoms. The molecule has 1 heterocycles. The summed E-state index contributed by atoms with van der Waals surface area (Å²) in [5, 5.41) is 13.4. The summed E-state index contributed by atoms with van der Waals surface area (Å²) in [7, 11) is 0. The maximum absolute atomic E-state index is 13.9. The number of alkyl halides is 3. The van der Waals surface area contributed by atoms with Crippen LogP contribution < -0.4 is 11.1 Å². The molecule has 0 bridgehead atoms. The zero-order valence-corrected chi connectivity index (χ0v) is 18.0. The molecule has 0 radical (unpaired) electrons. The zero-order chi connectivity index (χ0) is 23.6. The first-order valence-electron chi connectivity index (χ1n) is 9.44. The van der Waals surface area contributed by atoms with Crippen molar-refractivity contribution in [2.24, 2.45) is 5.73 Å². The van der Waals surface area contributed by atoms with Gasteiger partial charge in [0.25, 0.3) is 5.91 Å². The van der Waals surface area contributed by atoms with Crippen LogP contribution in [0, 0.1) is 5.82 Å². The molecule has 0 aliphatic heterocycles. The molecule has 0 saturated heterocycles. The second-order valence-corrected chi connectivity index (χ2v) is 8.70. The summed E-state index contributed by atoms with van der Waals surface area (Å²) >= 11 is 5.85. The third kappa shape index (κ3) is 7.15. The van der Waals surface area contributed by atoms with Crippen LogP contribution in [0.25, 0.3) is 0 Å². The smallest absolute Gasteiger partial charge is 0.391 e. The summed E-state index contributed by atoms with van der Waals surface area (Å²) in [6.07, 6.45) is -6.67. The third-order valence-electron chi connectivity index (χ3n) is 4.36. The van der Waals surface area contributed by atoms with Crippen molar-refractivity contribution in [1.82, 2.24) is 10.3 Å². The Balaban J connectivity index is 2.31. The van der Waals surface area contributed by atoms with Gasteiger partial charge in [-0.05, 0) is 63.1 Å². The van der Waals surface area contributed by atoms with Gasteiger partial charge in [-0.2, -0.15) is 13.2 Å². The normalized spacial score (nSPS) is 14.3. The molecule has 0 fully saturated rings. The summed E-state index contributed by atoms with van der Waals surface area (Å²) in [6, 6.07) is 4.54. The number of amides is 1. The lowest BCUT2D eigenvalue weighted by molar-refractivity contribution is -0.141. The molecule has 2 rings (SSSR count). The number of hydrogen-bond acceptors (Lipinski definition) is 4. The Morgan fingerprint density at radius 1 is 1.19 bits per heavy atom. The minimum absolute atomic E-state index is 0.108. The van der Waals surface area contributed by atoms with Crippen molar-refractivity contribution >= 4 is 17.5 Å². The van der Waals surface area contributed by atoms with E-state index < -0.39 is 47.7 Å². The predicted octanol–water partition coefficient (Wildman–Crippen LogP) is 3.89. The molecule has 1 aromatic carbocycles. The molecule has 1 amide bonds. The topological polar surface area (TPSA) is 88.2 Å². The van der Waals surface area contributed by atoms with Crippen LogP contribution in [0.1, 0.15) is 48.1 Å². The van der Waals surface area contributed by atoms with Crippen molar-refractivity contribution in [3.8, 4) is 0 Å². The van der Waals surface area contributed by atoms with Gasteiger partial charge in [0, 0.05) is 23.0 Å². The SMILES string of the molecule is CC(C)(C)NC(=O)c1ccc(C(F)(F)F)nc1CC(O)C(N)Cc1cc(Cl)ccc1F. The highest BCUT2D eigenvalue weighted by Gasteiger charge is 2.34. The molecule has 2 atom stereocenters. The summed E-state index contributed by atoms with van der Waals surface area (Å²) in [4.78, 5) is 16.1. The van der Waals surface area contributed by atoms with Gasteiger partial charge in [-0.1, -0.05) is 11.6 Å². The van der Waals surface area contributed by atoms with E-state index in [9.17, 15) is 27.5 Å². The van der Waals surface area contributed by atoms with Crippen molar-refractivity contribution in [2.75, 3.05) is 0 Å². The van der Waals surface area contributed by atoms with E-state index in [0.29, 0.717) is 6.07 Å². The number of nitrogens with two attached hydrogens (primary N) is 1. The third-order valence-corrected chi connectivity index (χ3v) is 4.59. The Morgan fingerprint density at radius 3 is 2.42 bits per heavy atom. The first-order valence-corrected chi connectivity index (χ1v) is 9.82. The predicted molar refractivity (Wildman–Crippen MR) is 109 cm³/mol. The maximum atomic E-state index is 13.9. The van der Waals surface area contributed by atoms with Crippen LogP contribution in [0.4, 0.5) is 17.6 Å². The van der Waals surface area contributed by atoms with Gasteiger partial charge in [-0.15, -0.1) is 0 Å². The van der Waals surface area contributed by atoms with Crippen LogP contribution >= 0.6 is 11.6 Å². The molecule has 31 heavy (non-hydrogen) atoms. The Kier molecular flexibility index (Phi) is 7.67. The van der Waals surface area contributed by atoms with Gasteiger partial charge in [-0.25, -0.2) is 9.37 Å². The van der Waals surface area contributed by atoms with E-state index in [4.69, 9.17) is 17.3 Å². The van der Waals surface area contributed by atoms with E-state index in [1.54, 1.807) is 20.8 Å². The quantitative estimate of drug-likeness (QED) is 0.569. The van der Waals surface area contributed by atoms with Crippen LogP contribution in [0.5, 0.6) is 0 Å². The molecule has 0 saturated carbocycles. The van der Waals surface area contributed by atoms with Gasteiger partial charge in [0.1, 0.15) is 11.5 Å². The van der Waals surface area contributed by atoms with Gasteiger partial charge < -0.3 is 16.2 Å². The molecular formula is C21H24ClF4N3O2. The monoisotopic (exact) mass is 461 g/mol. The van der Waals surface area contributed by atoms with Gasteiger partial charge in [-0.3, -0.25) is 4.79 Å². The lowest BCUT2D eigenvalue weighted by Gasteiger charge is -2.23. The van der Waals surface area contributed by atoms with Crippen molar-refractivity contribution < 1.29 is 27.5 Å². The average Bonchev–Trinajstić information content (AvgIpc) is 2.62. The number of aliphatic hydroxyl groups is 1. The van der Waals surface area contributed by atoms with E-state index in [1.807, 2.05) is 0 Å². The standard InChI is InChI=1S/C21H24ClF4N3O2/c1-20(2,3)29-19(31)13-5-7-18(21(24,25)26)28-16(13)10-17(30)15(27)9-11-8-12(22)4-6-14(11)23/h4-8,15,17,30H,9-10,27H2,1-3H3,(H,29,31). The highest BCUT2D eigenvalue weighted by atomic mass is 35.5. The van der Waals surface area contributed by atoms with Crippen LogP contribution in [-0.2, 0) is 19.0 Å². The van der Waals surface area contributed by atoms with Crippen LogP contribution in [0.15, 0.2) is 30.3 Å². The molecule has 0 aliphatic carbocycles. The number of carbonyl (C=O) groups excluding carboxylic acids is 1. The Hall–Kier alpha value is -2.23.